The van der Waals surface area contributed by atoms with Gasteiger partial charge in [0.05, 0.1) is 0 Å². The molecule has 17 heavy (non-hydrogen) atoms. The number of phenolic OH excluding ortho intramolecular Hbond substituents is 1. The first kappa shape index (κ1) is 11.5. The van der Waals surface area contributed by atoms with Gasteiger partial charge in [0.1, 0.15) is 11.3 Å². The van der Waals surface area contributed by atoms with Crippen molar-refractivity contribution in [2.75, 3.05) is 0 Å². The highest BCUT2D eigenvalue weighted by Gasteiger charge is 2.21. The Labute approximate surface area is 99.0 Å². The molecule has 0 amide bonds. The fourth-order valence-corrected chi connectivity index (χ4v) is 1.66. The first-order valence-corrected chi connectivity index (χ1v) is 5.35. The van der Waals surface area contributed by atoms with Crippen molar-refractivity contribution >= 4 is 11.0 Å². The largest absolute Gasteiger partial charge is 0.508 e. The molecule has 0 saturated carbocycles. The molecule has 0 bridgehead atoms. The molecule has 0 unspecified atom stereocenters. The zero-order chi connectivity index (χ0) is 12.6. The summed E-state index contributed by atoms with van der Waals surface area (Å²) in [5, 5.41) is 10.1. The molecule has 0 radical (unpaired) electrons. The molecule has 3 heteroatoms. The van der Waals surface area contributed by atoms with Crippen molar-refractivity contribution in [3.8, 4) is 5.75 Å². The number of hydrogen-bond donors (Lipinski definition) is 1. The minimum absolute atomic E-state index is 0.0800. The van der Waals surface area contributed by atoms with E-state index in [-0.39, 0.29) is 5.75 Å². The Morgan fingerprint density at radius 3 is 2.71 bits per heavy atom. The van der Waals surface area contributed by atoms with Crippen molar-refractivity contribution in [3.05, 3.63) is 52.9 Å². The molecule has 1 aromatic heterocycles. The summed E-state index contributed by atoms with van der Waals surface area (Å²) < 4.78 is 5.20. The third-order valence-corrected chi connectivity index (χ3v) is 2.92. The van der Waals surface area contributed by atoms with E-state index in [1.165, 1.54) is 6.07 Å². The summed E-state index contributed by atoms with van der Waals surface area (Å²) in [6.45, 7) is 7.53. The molecular weight excluding hydrogens is 216 g/mol. The Morgan fingerprint density at radius 2 is 2.06 bits per heavy atom. The summed E-state index contributed by atoms with van der Waals surface area (Å²) in [4.78, 5) is 11.9. The molecule has 0 aliphatic carbocycles. The topological polar surface area (TPSA) is 50.4 Å². The quantitative estimate of drug-likeness (QED) is 0.637. The summed E-state index contributed by atoms with van der Waals surface area (Å²) in [7, 11) is 0. The van der Waals surface area contributed by atoms with Crippen LogP contribution in [-0.2, 0) is 5.41 Å². The number of phenols is 1. The molecule has 3 nitrogen and oxygen atoms in total. The SMILES string of the molecule is C=CC(C)(C)c1cc2ccc(O)cc2oc1=O. The van der Waals surface area contributed by atoms with E-state index in [4.69, 9.17) is 4.42 Å². The third kappa shape index (κ3) is 1.96. The lowest BCUT2D eigenvalue weighted by molar-refractivity contribution is 0.472. The van der Waals surface area contributed by atoms with Gasteiger partial charge in [0.25, 0.3) is 0 Å². The molecule has 0 aliphatic rings. The fraction of sp³-hybridized carbons (Fsp3) is 0.214. The minimum Gasteiger partial charge on any atom is -0.508 e. The van der Waals surface area contributed by atoms with Gasteiger partial charge in [-0.15, -0.1) is 6.58 Å². The van der Waals surface area contributed by atoms with Crippen LogP contribution in [0.15, 0.2) is 46.1 Å². The van der Waals surface area contributed by atoms with Gasteiger partial charge in [0, 0.05) is 22.4 Å². The van der Waals surface area contributed by atoms with Crippen LogP contribution in [0.3, 0.4) is 0 Å². The lowest BCUT2D eigenvalue weighted by atomic mass is 9.85. The number of benzene rings is 1. The number of allylic oxidation sites excluding steroid dienone is 1. The van der Waals surface area contributed by atoms with E-state index in [0.29, 0.717) is 11.1 Å². The maximum Gasteiger partial charge on any atom is 0.340 e. The first-order chi connectivity index (χ1) is 7.94. The van der Waals surface area contributed by atoms with Crippen LogP contribution < -0.4 is 5.63 Å². The van der Waals surface area contributed by atoms with Crippen molar-refractivity contribution < 1.29 is 9.52 Å². The van der Waals surface area contributed by atoms with Crippen LogP contribution in [0.2, 0.25) is 0 Å². The minimum atomic E-state index is -0.438. The van der Waals surface area contributed by atoms with E-state index in [0.717, 1.165) is 5.39 Å². The van der Waals surface area contributed by atoms with Crippen LogP contribution in [0.5, 0.6) is 5.75 Å². The van der Waals surface area contributed by atoms with Gasteiger partial charge in [-0.1, -0.05) is 19.9 Å². The summed E-state index contributed by atoms with van der Waals surface area (Å²) in [6.07, 6.45) is 1.71. The van der Waals surface area contributed by atoms with E-state index in [2.05, 4.69) is 6.58 Å². The predicted octanol–water partition coefficient (Wildman–Crippen LogP) is 2.96. The molecule has 1 heterocycles. The number of aromatic hydroxyl groups is 1. The Bertz CT molecular complexity index is 635. The van der Waals surface area contributed by atoms with Gasteiger partial charge in [0.2, 0.25) is 0 Å². The van der Waals surface area contributed by atoms with Crippen LogP contribution >= 0.6 is 0 Å². The second-order valence-electron chi connectivity index (χ2n) is 4.60. The van der Waals surface area contributed by atoms with Gasteiger partial charge in [-0.3, -0.25) is 0 Å². The highest BCUT2D eigenvalue weighted by molar-refractivity contribution is 5.78. The maximum absolute atomic E-state index is 11.9. The monoisotopic (exact) mass is 230 g/mol. The second kappa shape index (κ2) is 3.77. The lowest BCUT2D eigenvalue weighted by Gasteiger charge is -2.18. The van der Waals surface area contributed by atoms with Crippen molar-refractivity contribution in [1.82, 2.24) is 0 Å². The normalized spacial score (nSPS) is 11.6. The van der Waals surface area contributed by atoms with E-state index < -0.39 is 11.0 Å². The van der Waals surface area contributed by atoms with Crippen LogP contribution in [0, 0.1) is 0 Å². The molecule has 2 rings (SSSR count). The van der Waals surface area contributed by atoms with Crippen LogP contribution in [0.4, 0.5) is 0 Å². The van der Waals surface area contributed by atoms with Crippen molar-refractivity contribution in [2.24, 2.45) is 0 Å². The molecule has 88 valence electrons. The Hall–Kier alpha value is -2.03. The van der Waals surface area contributed by atoms with Gasteiger partial charge >= 0.3 is 5.63 Å². The van der Waals surface area contributed by atoms with E-state index in [9.17, 15) is 9.90 Å². The number of rotatable bonds is 2. The summed E-state index contributed by atoms with van der Waals surface area (Å²) in [6, 6.07) is 6.49. The zero-order valence-corrected chi connectivity index (χ0v) is 9.86. The number of hydrogen-bond acceptors (Lipinski definition) is 3. The smallest absolute Gasteiger partial charge is 0.340 e. The summed E-state index contributed by atoms with van der Waals surface area (Å²) >= 11 is 0. The van der Waals surface area contributed by atoms with Crippen molar-refractivity contribution in [1.29, 1.82) is 0 Å². The van der Waals surface area contributed by atoms with Gasteiger partial charge < -0.3 is 9.52 Å². The van der Waals surface area contributed by atoms with Gasteiger partial charge in [-0.05, 0) is 18.2 Å². The molecule has 0 atom stereocenters. The van der Waals surface area contributed by atoms with E-state index in [1.807, 2.05) is 13.8 Å². The third-order valence-electron chi connectivity index (χ3n) is 2.92. The zero-order valence-electron chi connectivity index (χ0n) is 9.86. The average Bonchev–Trinajstić information content (AvgIpc) is 2.27. The first-order valence-electron chi connectivity index (χ1n) is 5.35. The Balaban J connectivity index is 2.77. The van der Waals surface area contributed by atoms with Gasteiger partial charge in [-0.2, -0.15) is 0 Å². The Kier molecular flexibility index (Phi) is 2.54. The molecule has 0 fully saturated rings. The highest BCUT2D eigenvalue weighted by Crippen LogP contribution is 2.25. The molecule has 0 aliphatic heterocycles. The summed E-state index contributed by atoms with van der Waals surface area (Å²) in [5.74, 6) is 0.0800. The maximum atomic E-state index is 11.9. The van der Waals surface area contributed by atoms with E-state index in [1.54, 1.807) is 24.3 Å². The predicted molar refractivity (Wildman–Crippen MR) is 67.4 cm³/mol. The van der Waals surface area contributed by atoms with E-state index >= 15 is 0 Å². The molecule has 0 spiro atoms. The molecule has 1 N–H and O–H groups in total. The standard InChI is InChI=1S/C14H14O3/c1-4-14(2,3)11-7-9-5-6-10(15)8-12(9)17-13(11)16/h4-8,15H,1H2,2-3H3. The number of fused-ring (bicyclic) bond motifs is 1. The molecular formula is C14H14O3. The summed E-state index contributed by atoms with van der Waals surface area (Å²) in [5.41, 5.74) is 0.115. The fourth-order valence-electron chi connectivity index (χ4n) is 1.66. The van der Waals surface area contributed by atoms with Gasteiger partial charge in [-0.25, -0.2) is 4.79 Å². The average molecular weight is 230 g/mol. The van der Waals surface area contributed by atoms with Gasteiger partial charge in [0.15, 0.2) is 0 Å². The molecule has 1 aromatic carbocycles. The second-order valence-corrected chi connectivity index (χ2v) is 4.60. The lowest BCUT2D eigenvalue weighted by Crippen LogP contribution is -2.22. The Morgan fingerprint density at radius 1 is 1.35 bits per heavy atom. The highest BCUT2D eigenvalue weighted by atomic mass is 16.4. The van der Waals surface area contributed by atoms with Crippen LogP contribution in [0.25, 0.3) is 11.0 Å². The molecule has 2 aromatic rings. The van der Waals surface area contributed by atoms with Crippen LogP contribution in [0.1, 0.15) is 19.4 Å². The van der Waals surface area contributed by atoms with Crippen molar-refractivity contribution in [3.63, 3.8) is 0 Å². The molecule has 0 saturated heterocycles. The van der Waals surface area contributed by atoms with Crippen molar-refractivity contribution in [2.45, 2.75) is 19.3 Å². The van der Waals surface area contributed by atoms with Crippen LogP contribution in [-0.4, -0.2) is 5.11 Å².